The number of ether oxygens (including phenoxy) is 1. The molecule has 4 heteroatoms. The molecule has 0 spiro atoms. The number of unbranched alkanes of at least 4 members (excludes halogenated alkanes) is 4. The maximum atomic E-state index is 12.2. The molecule has 1 rings (SSSR count). The molecule has 0 aliphatic rings. The largest absolute Gasteiger partial charge is 0.445 e. The third-order valence-corrected chi connectivity index (χ3v) is 5.13. The van der Waals surface area contributed by atoms with E-state index in [1.54, 1.807) is 6.92 Å². The minimum absolute atomic E-state index is 0.123. The monoisotopic (exact) mass is 375 g/mol. The summed E-state index contributed by atoms with van der Waals surface area (Å²) >= 11 is 0. The summed E-state index contributed by atoms with van der Waals surface area (Å²) in [5.41, 5.74) is 0.951. The number of amides is 1. The molecule has 0 heterocycles. The lowest BCUT2D eigenvalue weighted by atomic mass is 9.81. The Bertz CT molecular complexity index is 530. The molecular formula is C23H37NO3. The maximum Gasteiger partial charge on any atom is 0.407 e. The highest BCUT2D eigenvalue weighted by Gasteiger charge is 2.25. The molecule has 27 heavy (non-hydrogen) atoms. The van der Waals surface area contributed by atoms with Crippen LogP contribution in [0.3, 0.4) is 0 Å². The second kappa shape index (κ2) is 14.2. The van der Waals surface area contributed by atoms with E-state index in [1.165, 1.54) is 19.3 Å². The molecular weight excluding hydrogens is 338 g/mol. The Morgan fingerprint density at radius 1 is 0.963 bits per heavy atom. The zero-order valence-electron chi connectivity index (χ0n) is 17.3. The summed E-state index contributed by atoms with van der Waals surface area (Å²) in [6.45, 7) is 6.64. The van der Waals surface area contributed by atoms with Gasteiger partial charge in [0.25, 0.3) is 0 Å². The van der Waals surface area contributed by atoms with Gasteiger partial charge in [-0.1, -0.05) is 82.7 Å². The van der Waals surface area contributed by atoms with Crippen molar-refractivity contribution in [3.05, 3.63) is 35.9 Å². The zero-order chi connectivity index (χ0) is 19.9. The predicted molar refractivity (Wildman–Crippen MR) is 111 cm³/mol. The van der Waals surface area contributed by atoms with Crippen molar-refractivity contribution in [2.75, 3.05) is 6.54 Å². The van der Waals surface area contributed by atoms with Gasteiger partial charge in [0.05, 0.1) is 0 Å². The van der Waals surface area contributed by atoms with Crippen LogP contribution in [0.5, 0.6) is 0 Å². The van der Waals surface area contributed by atoms with E-state index in [2.05, 4.69) is 19.2 Å². The average Bonchev–Trinajstić information content (AvgIpc) is 2.67. The molecule has 0 bridgehead atoms. The molecule has 0 saturated carbocycles. The molecule has 0 aliphatic heterocycles. The molecule has 1 aromatic carbocycles. The first-order valence-electron chi connectivity index (χ1n) is 10.5. The van der Waals surface area contributed by atoms with E-state index in [0.717, 1.165) is 37.7 Å². The molecule has 0 aliphatic carbocycles. The Morgan fingerprint density at radius 3 is 2.26 bits per heavy atom. The Kier molecular flexibility index (Phi) is 12.2. The molecule has 0 radical (unpaired) electrons. The summed E-state index contributed by atoms with van der Waals surface area (Å²) in [4.78, 5) is 24.3. The number of hydrogen-bond donors (Lipinski definition) is 1. The Labute approximate surface area is 165 Å². The predicted octanol–water partition coefficient (Wildman–Crippen LogP) is 5.89. The molecule has 2 atom stereocenters. The smallest absolute Gasteiger partial charge is 0.407 e. The maximum absolute atomic E-state index is 12.2. The van der Waals surface area contributed by atoms with Crippen LogP contribution in [0.2, 0.25) is 0 Å². The normalized spacial score (nSPS) is 13.0. The van der Waals surface area contributed by atoms with Gasteiger partial charge in [-0.2, -0.15) is 0 Å². The minimum Gasteiger partial charge on any atom is -0.445 e. The van der Waals surface area contributed by atoms with Crippen molar-refractivity contribution in [3.63, 3.8) is 0 Å². The van der Waals surface area contributed by atoms with Crippen LogP contribution in [-0.4, -0.2) is 18.4 Å². The minimum atomic E-state index is -0.453. The lowest BCUT2D eigenvalue weighted by molar-refractivity contribution is -0.122. The molecule has 0 aromatic heterocycles. The molecule has 1 unspecified atom stereocenters. The van der Waals surface area contributed by atoms with E-state index in [4.69, 9.17) is 4.74 Å². The van der Waals surface area contributed by atoms with Crippen LogP contribution in [0.4, 0.5) is 4.79 Å². The zero-order valence-corrected chi connectivity index (χ0v) is 17.3. The van der Waals surface area contributed by atoms with E-state index in [0.29, 0.717) is 12.5 Å². The molecule has 0 saturated heterocycles. The fourth-order valence-corrected chi connectivity index (χ4v) is 3.46. The Hall–Kier alpha value is -1.84. The summed E-state index contributed by atoms with van der Waals surface area (Å²) in [5, 5.41) is 2.81. The number of benzene rings is 1. The molecule has 1 N–H and O–H groups in total. The van der Waals surface area contributed by atoms with Gasteiger partial charge in [-0.05, 0) is 31.2 Å². The van der Waals surface area contributed by atoms with Gasteiger partial charge in [0, 0.05) is 12.5 Å². The highest BCUT2D eigenvalue weighted by molar-refractivity contribution is 5.79. The number of nitrogens with one attached hydrogen (secondary N) is 1. The number of carbonyl (C=O) groups is 2. The summed E-state index contributed by atoms with van der Waals surface area (Å²) in [6, 6.07) is 9.60. The van der Waals surface area contributed by atoms with Crippen LogP contribution in [0, 0.1) is 11.8 Å². The van der Waals surface area contributed by atoms with Gasteiger partial charge in [-0.25, -0.2) is 4.79 Å². The molecule has 152 valence electrons. The van der Waals surface area contributed by atoms with E-state index >= 15 is 0 Å². The van der Waals surface area contributed by atoms with E-state index < -0.39 is 6.09 Å². The van der Waals surface area contributed by atoms with Crippen LogP contribution in [-0.2, 0) is 16.1 Å². The third kappa shape index (κ3) is 10.2. The van der Waals surface area contributed by atoms with Crippen molar-refractivity contribution < 1.29 is 14.3 Å². The van der Waals surface area contributed by atoms with Crippen molar-refractivity contribution in [1.29, 1.82) is 0 Å². The molecule has 1 aromatic rings. The quantitative estimate of drug-likeness (QED) is 0.412. The van der Waals surface area contributed by atoms with Crippen LogP contribution in [0.25, 0.3) is 0 Å². The number of Topliss-reactive ketones (excluding diaryl/α,β-unsaturated/α-hetero) is 1. The summed E-state index contributed by atoms with van der Waals surface area (Å²) in [5.74, 6) is 0.381. The Balaban J connectivity index is 2.51. The van der Waals surface area contributed by atoms with Gasteiger partial charge in [0.2, 0.25) is 0 Å². The number of carbonyl (C=O) groups excluding carboxylic acids is 2. The highest BCUT2D eigenvalue weighted by Crippen LogP contribution is 2.26. The van der Waals surface area contributed by atoms with Crippen molar-refractivity contribution in [3.8, 4) is 0 Å². The summed E-state index contributed by atoms with van der Waals surface area (Å²) in [7, 11) is 0. The average molecular weight is 376 g/mol. The van der Waals surface area contributed by atoms with Crippen LogP contribution >= 0.6 is 0 Å². The van der Waals surface area contributed by atoms with Crippen molar-refractivity contribution in [1.82, 2.24) is 5.32 Å². The SMILES string of the molecule is CCCCCC[C@@H](CCCC)C(CNC(=O)OCc1ccccc1)C(C)=O. The number of alkyl carbamates (subject to hydrolysis) is 1. The lowest BCUT2D eigenvalue weighted by Gasteiger charge is -2.25. The van der Waals surface area contributed by atoms with Crippen molar-refractivity contribution >= 4 is 11.9 Å². The number of hydrogen-bond acceptors (Lipinski definition) is 3. The van der Waals surface area contributed by atoms with E-state index in [1.807, 2.05) is 30.3 Å². The van der Waals surface area contributed by atoms with Gasteiger partial charge < -0.3 is 10.1 Å². The first-order valence-corrected chi connectivity index (χ1v) is 10.5. The topological polar surface area (TPSA) is 55.4 Å². The fourth-order valence-electron chi connectivity index (χ4n) is 3.46. The standard InChI is InChI=1S/C23H37NO3/c1-4-6-8-12-16-21(15-7-5-2)22(19(3)25)17-24-23(26)27-18-20-13-10-9-11-14-20/h9-11,13-14,21-22H,4-8,12,15-18H2,1-3H3,(H,24,26)/t21-,22?/m1/s1. The third-order valence-electron chi connectivity index (χ3n) is 5.13. The van der Waals surface area contributed by atoms with Crippen molar-refractivity contribution in [2.45, 2.75) is 78.7 Å². The summed E-state index contributed by atoms with van der Waals surface area (Å²) < 4.78 is 5.27. The Morgan fingerprint density at radius 2 is 1.63 bits per heavy atom. The van der Waals surface area contributed by atoms with E-state index in [9.17, 15) is 9.59 Å². The first-order chi connectivity index (χ1) is 13.1. The molecule has 0 fully saturated rings. The van der Waals surface area contributed by atoms with E-state index in [-0.39, 0.29) is 18.3 Å². The second-order valence-electron chi connectivity index (χ2n) is 7.41. The lowest BCUT2D eigenvalue weighted by Crippen LogP contribution is -2.36. The first kappa shape index (κ1) is 23.2. The van der Waals surface area contributed by atoms with Gasteiger partial charge in [-0.15, -0.1) is 0 Å². The summed E-state index contributed by atoms with van der Waals surface area (Å²) in [6.07, 6.45) is 8.74. The second-order valence-corrected chi connectivity index (χ2v) is 7.41. The highest BCUT2D eigenvalue weighted by atomic mass is 16.5. The fraction of sp³-hybridized carbons (Fsp3) is 0.652. The van der Waals surface area contributed by atoms with Crippen molar-refractivity contribution in [2.24, 2.45) is 11.8 Å². The van der Waals surface area contributed by atoms with Crippen LogP contribution < -0.4 is 5.32 Å². The molecule has 1 amide bonds. The van der Waals surface area contributed by atoms with Crippen LogP contribution in [0.1, 0.15) is 77.7 Å². The molecule has 4 nitrogen and oxygen atoms in total. The van der Waals surface area contributed by atoms with Gasteiger partial charge in [0.1, 0.15) is 12.4 Å². The van der Waals surface area contributed by atoms with Gasteiger partial charge >= 0.3 is 6.09 Å². The van der Waals surface area contributed by atoms with Gasteiger partial charge in [-0.3, -0.25) is 4.79 Å². The number of ketones is 1. The number of rotatable bonds is 14. The van der Waals surface area contributed by atoms with Gasteiger partial charge in [0.15, 0.2) is 0 Å². The van der Waals surface area contributed by atoms with Crippen LogP contribution in [0.15, 0.2) is 30.3 Å².